The summed E-state index contributed by atoms with van der Waals surface area (Å²) in [5.74, 6) is 0.752. The first kappa shape index (κ1) is 12.0. The van der Waals surface area contributed by atoms with E-state index in [1.165, 1.54) is 38.5 Å². The minimum Gasteiger partial charge on any atom is -0.393 e. The van der Waals surface area contributed by atoms with E-state index in [1.807, 2.05) is 0 Å². The van der Waals surface area contributed by atoms with Gasteiger partial charge in [-0.1, -0.05) is 46.5 Å². The standard InChI is InChI=1S/C13H26O/c1-4-6-7-11(5-2)10-12(14)13(3)8-9-13/h11-12,14H,4-10H2,1-3H3. The number of hydrogen-bond acceptors (Lipinski definition) is 1. The lowest BCUT2D eigenvalue weighted by Crippen LogP contribution is -2.22. The van der Waals surface area contributed by atoms with E-state index in [9.17, 15) is 5.11 Å². The second-order valence-electron chi connectivity index (χ2n) is 5.32. The van der Waals surface area contributed by atoms with Crippen LogP contribution in [0.5, 0.6) is 0 Å². The van der Waals surface area contributed by atoms with Crippen LogP contribution in [0.25, 0.3) is 0 Å². The summed E-state index contributed by atoms with van der Waals surface area (Å²) in [6, 6.07) is 0. The molecule has 0 aliphatic heterocycles. The van der Waals surface area contributed by atoms with Gasteiger partial charge in [0.15, 0.2) is 0 Å². The normalized spacial score (nSPS) is 23.1. The first-order chi connectivity index (χ1) is 6.62. The van der Waals surface area contributed by atoms with E-state index in [-0.39, 0.29) is 6.10 Å². The molecule has 0 spiro atoms. The van der Waals surface area contributed by atoms with Crippen LogP contribution in [0.3, 0.4) is 0 Å². The molecular formula is C13H26O. The van der Waals surface area contributed by atoms with Crippen LogP contribution in [-0.2, 0) is 0 Å². The topological polar surface area (TPSA) is 20.2 Å². The number of aliphatic hydroxyl groups excluding tert-OH is 1. The van der Waals surface area contributed by atoms with Gasteiger partial charge in [0.05, 0.1) is 6.10 Å². The first-order valence-corrected chi connectivity index (χ1v) is 6.30. The molecule has 1 saturated carbocycles. The Kier molecular flexibility index (Phi) is 4.43. The number of unbranched alkanes of at least 4 members (excludes halogenated alkanes) is 1. The lowest BCUT2D eigenvalue weighted by Gasteiger charge is -2.23. The van der Waals surface area contributed by atoms with Crippen LogP contribution in [0.1, 0.15) is 65.7 Å². The van der Waals surface area contributed by atoms with Gasteiger partial charge < -0.3 is 5.11 Å². The molecule has 0 aromatic heterocycles. The van der Waals surface area contributed by atoms with Crippen LogP contribution in [0.2, 0.25) is 0 Å². The minimum atomic E-state index is -0.0377. The average molecular weight is 198 g/mol. The third-order valence-corrected chi connectivity index (χ3v) is 3.94. The Morgan fingerprint density at radius 2 is 1.93 bits per heavy atom. The fraction of sp³-hybridized carbons (Fsp3) is 1.00. The second kappa shape index (κ2) is 5.16. The SMILES string of the molecule is CCCCC(CC)CC(O)C1(C)CC1. The van der Waals surface area contributed by atoms with Crippen molar-refractivity contribution in [2.45, 2.75) is 71.8 Å². The van der Waals surface area contributed by atoms with Gasteiger partial charge in [0.25, 0.3) is 0 Å². The molecule has 1 rings (SSSR count). The Morgan fingerprint density at radius 1 is 1.29 bits per heavy atom. The fourth-order valence-corrected chi connectivity index (χ4v) is 2.11. The second-order valence-corrected chi connectivity index (χ2v) is 5.32. The molecule has 0 heterocycles. The van der Waals surface area contributed by atoms with Gasteiger partial charge in [0, 0.05) is 0 Å². The fourth-order valence-electron chi connectivity index (χ4n) is 2.11. The van der Waals surface area contributed by atoms with Gasteiger partial charge in [-0.2, -0.15) is 0 Å². The molecule has 2 unspecified atom stereocenters. The third-order valence-electron chi connectivity index (χ3n) is 3.94. The first-order valence-electron chi connectivity index (χ1n) is 6.30. The Balaban J connectivity index is 2.24. The smallest absolute Gasteiger partial charge is 0.0596 e. The molecule has 1 heteroatoms. The molecule has 0 aromatic rings. The highest BCUT2D eigenvalue weighted by Crippen LogP contribution is 2.50. The zero-order valence-corrected chi connectivity index (χ0v) is 10.1. The van der Waals surface area contributed by atoms with Gasteiger partial charge in [-0.25, -0.2) is 0 Å². The van der Waals surface area contributed by atoms with E-state index < -0.39 is 0 Å². The molecule has 0 radical (unpaired) electrons. The van der Waals surface area contributed by atoms with Crippen LogP contribution in [0, 0.1) is 11.3 Å². The van der Waals surface area contributed by atoms with Crippen molar-refractivity contribution in [2.24, 2.45) is 11.3 Å². The highest BCUT2D eigenvalue weighted by Gasteiger charge is 2.44. The van der Waals surface area contributed by atoms with Gasteiger partial charge in [0.1, 0.15) is 0 Å². The molecule has 1 N–H and O–H groups in total. The molecule has 0 saturated heterocycles. The van der Waals surface area contributed by atoms with Gasteiger partial charge >= 0.3 is 0 Å². The predicted molar refractivity (Wildman–Crippen MR) is 61.3 cm³/mol. The zero-order chi connectivity index (χ0) is 10.6. The minimum absolute atomic E-state index is 0.0377. The highest BCUT2D eigenvalue weighted by molar-refractivity contribution is 4.95. The van der Waals surface area contributed by atoms with Crippen LogP contribution in [0.4, 0.5) is 0 Å². The lowest BCUT2D eigenvalue weighted by molar-refractivity contribution is 0.0739. The maximum absolute atomic E-state index is 10.0. The van der Waals surface area contributed by atoms with Crippen LogP contribution < -0.4 is 0 Å². The van der Waals surface area contributed by atoms with Gasteiger partial charge in [0.2, 0.25) is 0 Å². The van der Waals surface area contributed by atoms with Crippen molar-refractivity contribution in [1.82, 2.24) is 0 Å². The molecule has 14 heavy (non-hydrogen) atoms. The Hall–Kier alpha value is -0.0400. The van der Waals surface area contributed by atoms with Crippen molar-refractivity contribution in [2.75, 3.05) is 0 Å². The van der Waals surface area contributed by atoms with E-state index in [4.69, 9.17) is 0 Å². The van der Waals surface area contributed by atoms with E-state index in [0.29, 0.717) is 5.41 Å². The Labute approximate surface area is 88.9 Å². The Morgan fingerprint density at radius 3 is 2.36 bits per heavy atom. The predicted octanol–water partition coefficient (Wildman–Crippen LogP) is 3.75. The maximum Gasteiger partial charge on any atom is 0.0596 e. The Bertz CT molecular complexity index is 161. The molecule has 0 bridgehead atoms. The summed E-state index contributed by atoms with van der Waals surface area (Å²) in [7, 11) is 0. The summed E-state index contributed by atoms with van der Waals surface area (Å²) in [4.78, 5) is 0. The molecule has 1 nitrogen and oxygen atoms in total. The summed E-state index contributed by atoms with van der Waals surface area (Å²) < 4.78 is 0. The van der Waals surface area contributed by atoms with Crippen molar-refractivity contribution >= 4 is 0 Å². The van der Waals surface area contributed by atoms with E-state index in [1.54, 1.807) is 0 Å². The monoisotopic (exact) mass is 198 g/mol. The van der Waals surface area contributed by atoms with E-state index >= 15 is 0 Å². The molecular weight excluding hydrogens is 172 g/mol. The summed E-state index contributed by atoms with van der Waals surface area (Å²) in [5.41, 5.74) is 0.291. The van der Waals surface area contributed by atoms with Crippen molar-refractivity contribution < 1.29 is 5.11 Å². The van der Waals surface area contributed by atoms with Gasteiger partial charge in [-0.3, -0.25) is 0 Å². The average Bonchev–Trinajstić information content (AvgIpc) is 2.92. The summed E-state index contributed by atoms with van der Waals surface area (Å²) >= 11 is 0. The van der Waals surface area contributed by atoms with E-state index in [2.05, 4.69) is 20.8 Å². The van der Waals surface area contributed by atoms with Gasteiger partial charge in [-0.05, 0) is 30.6 Å². The molecule has 1 aliphatic rings. The van der Waals surface area contributed by atoms with E-state index in [0.717, 1.165) is 12.3 Å². The maximum atomic E-state index is 10.0. The number of aliphatic hydroxyl groups is 1. The van der Waals surface area contributed by atoms with Crippen molar-refractivity contribution in [3.63, 3.8) is 0 Å². The number of rotatable bonds is 7. The molecule has 1 aliphatic carbocycles. The molecule has 2 atom stereocenters. The molecule has 84 valence electrons. The largest absolute Gasteiger partial charge is 0.393 e. The van der Waals surface area contributed by atoms with Crippen molar-refractivity contribution in [1.29, 1.82) is 0 Å². The molecule has 0 amide bonds. The quantitative estimate of drug-likeness (QED) is 0.660. The van der Waals surface area contributed by atoms with Crippen LogP contribution >= 0.6 is 0 Å². The van der Waals surface area contributed by atoms with Crippen molar-refractivity contribution in [3.8, 4) is 0 Å². The van der Waals surface area contributed by atoms with Gasteiger partial charge in [-0.15, -0.1) is 0 Å². The van der Waals surface area contributed by atoms with Crippen LogP contribution in [-0.4, -0.2) is 11.2 Å². The highest BCUT2D eigenvalue weighted by atomic mass is 16.3. The number of hydrogen-bond donors (Lipinski definition) is 1. The lowest BCUT2D eigenvalue weighted by atomic mass is 9.87. The summed E-state index contributed by atoms with van der Waals surface area (Å²) in [6.45, 7) is 6.72. The third kappa shape index (κ3) is 3.27. The van der Waals surface area contributed by atoms with Crippen LogP contribution in [0.15, 0.2) is 0 Å². The summed E-state index contributed by atoms with van der Waals surface area (Å²) in [5, 5.41) is 10.0. The zero-order valence-electron chi connectivity index (χ0n) is 10.1. The molecule has 1 fully saturated rings. The van der Waals surface area contributed by atoms with Crippen molar-refractivity contribution in [3.05, 3.63) is 0 Å². The molecule has 0 aromatic carbocycles. The summed E-state index contributed by atoms with van der Waals surface area (Å²) in [6.07, 6.45) is 8.60.